The van der Waals surface area contributed by atoms with Gasteiger partial charge in [-0.1, -0.05) is 24.1 Å². The molecule has 10 heteroatoms. The molecule has 1 unspecified atom stereocenters. The van der Waals surface area contributed by atoms with E-state index < -0.39 is 36.6 Å². The van der Waals surface area contributed by atoms with Crippen LogP contribution in [0.1, 0.15) is 31.2 Å². The smallest absolute Gasteiger partial charge is 0.211 e. The maximum atomic E-state index is 13.3. The van der Waals surface area contributed by atoms with Crippen LogP contribution in [-0.4, -0.2) is 40.3 Å². The summed E-state index contributed by atoms with van der Waals surface area (Å²) in [4.78, 5) is -0.302. The number of hydrogen-bond donors (Lipinski definition) is 1. The van der Waals surface area contributed by atoms with E-state index in [1.807, 2.05) is 6.92 Å². The number of piperidine rings is 1. The van der Waals surface area contributed by atoms with Gasteiger partial charge in [-0.3, -0.25) is 0 Å². The van der Waals surface area contributed by atoms with E-state index in [1.165, 1.54) is 4.31 Å². The Balaban J connectivity index is 1.71. The third kappa shape index (κ3) is 5.23. The maximum absolute atomic E-state index is 13.3. The van der Waals surface area contributed by atoms with Gasteiger partial charge in [-0.25, -0.2) is 30.3 Å². The van der Waals surface area contributed by atoms with Crippen LogP contribution in [0.25, 0.3) is 0 Å². The number of sulfonamides is 2. The Morgan fingerprint density at radius 2 is 1.60 bits per heavy atom. The Kier molecular flexibility index (Phi) is 6.91. The molecule has 1 heterocycles. The summed E-state index contributed by atoms with van der Waals surface area (Å²) >= 11 is 0. The zero-order valence-electron chi connectivity index (χ0n) is 16.5. The van der Waals surface area contributed by atoms with Gasteiger partial charge in [-0.15, -0.1) is 0 Å². The van der Waals surface area contributed by atoms with Crippen molar-refractivity contribution in [2.45, 2.75) is 48.4 Å². The number of hydrogen-bond acceptors (Lipinski definition) is 4. The zero-order chi connectivity index (χ0) is 21.9. The Morgan fingerprint density at radius 3 is 2.23 bits per heavy atom. The van der Waals surface area contributed by atoms with Crippen molar-refractivity contribution in [1.29, 1.82) is 0 Å². The summed E-state index contributed by atoms with van der Waals surface area (Å²) in [5.74, 6) is -1.98. The van der Waals surface area contributed by atoms with Gasteiger partial charge < -0.3 is 0 Å². The minimum atomic E-state index is -4.11. The van der Waals surface area contributed by atoms with Crippen LogP contribution in [0.2, 0.25) is 0 Å². The molecule has 0 saturated carbocycles. The van der Waals surface area contributed by atoms with Crippen LogP contribution in [0.15, 0.2) is 52.3 Å². The van der Waals surface area contributed by atoms with E-state index in [0.29, 0.717) is 19.0 Å². The Labute approximate surface area is 176 Å². The topological polar surface area (TPSA) is 83.6 Å². The third-order valence-corrected chi connectivity index (χ3v) is 8.52. The molecule has 1 saturated heterocycles. The van der Waals surface area contributed by atoms with Crippen molar-refractivity contribution in [1.82, 2.24) is 9.03 Å². The lowest BCUT2D eigenvalue weighted by atomic mass is 10.0. The molecule has 0 bridgehead atoms. The molecule has 0 aliphatic carbocycles. The number of nitrogens with zero attached hydrogens (tertiary/aromatic N) is 1. The number of halogens is 2. The van der Waals surface area contributed by atoms with Crippen LogP contribution < -0.4 is 4.72 Å². The van der Waals surface area contributed by atoms with E-state index in [2.05, 4.69) is 4.72 Å². The summed E-state index contributed by atoms with van der Waals surface area (Å²) in [5.41, 5.74) is 0.951. The third-order valence-electron chi connectivity index (χ3n) is 5.12. The molecule has 1 fully saturated rings. The molecular formula is C20H24F2N2O4S2. The number of rotatable bonds is 7. The van der Waals surface area contributed by atoms with Crippen molar-refractivity contribution in [3.63, 3.8) is 0 Å². The van der Waals surface area contributed by atoms with Gasteiger partial charge in [0.05, 0.1) is 9.79 Å². The normalized spacial score (nSPS) is 18.4. The lowest BCUT2D eigenvalue weighted by molar-refractivity contribution is 0.242. The first-order valence-corrected chi connectivity index (χ1v) is 12.6. The predicted molar refractivity (Wildman–Crippen MR) is 109 cm³/mol. The summed E-state index contributed by atoms with van der Waals surface area (Å²) in [5, 5.41) is 0. The molecule has 0 radical (unpaired) electrons. The van der Waals surface area contributed by atoms with Crippen LogP contribution in [0.4, 0.5) is 8.78 Å². The van der Waals surface area contributed by atoms with Crippen molar-refractivity contribution < 1.29 is 25.6 Å². The maximum Gasteiger partial charge on any atom is 0.243 e. The lowest BCUT2D eigenvalue weighted by Gasteiger charge is -2.34. The molecule has 6 nitrogen and oxygen atoms in total. The zero-order valence-corrected chi connectivity index (χ0v) is 18.1. The fourth-order valence-electron chi connectivity index (χ4n) is 3.55. The van der Waals surface area contributed by atoms with Gasteiger partial charge >= 0.3 is 0 Å². The highest BCUT2D eigenvalue weighted by Gasteiger charge is 2.33. The van der Waals surface area contributed by atoms with Crippen LogP contribution in [-0.2, 0) is 20.0 Å². The Bertz CT molecular complexity index is 1080. The standard InChI is InChI=1S/C20H24F2N2O4S2/c1-15-5-7-19(8-6-15)30(27,28)24-11-3-2-4-18(24)9-10-23-29(25,26)20-13-16(21)12-17(22)14-20/h5-8,12-14,18,23H,2-4,9-11H2,1H3. The van der Waals surface area contributed by atoms with Gasteiger partial charge in [0.15, 0.2) is 0 Å². The molecule has 3 rings (SSSR count). The second-order valence-electron chi connectivity index (χ2n) is 7.37. The van der Waals surface area contributed by atoms with Gasteiger partial charge in [0.2, 0.25) is 20.0 Å². The van der Waals surface area contributed by atoms with Crippen LogP contribution in [0.3, 0.4) is 0 Å². The van der Waals surface area contributed by atoms with E-state index in [0.717, 1.165) is 30.5 Å². The number of benzene rings is 2. The highest BCUT2D eigenvalue weighted by molar-refractivity contribution is 7.89. The summed E-state index contributed by atoms with van der Waals surface area (Å²) in [7, 11) is -7.81. The molecule has 1 aliphatic heterocycles. The highest BCUT2D eigenvalue weighted by Crippen LogP contribution is 2.27. The quantitative estimate of drug-likeness (QED) is 0.691. The molecular weight excluding hydrogens is 434 g/mol. The molecule has 1 N–H and O–H groups in total. The fourth-order valence-corrected chi connectivity index (χ4v) is 6.36. The van der Waals surface area contributed by atoms with Crippen molar-refractivity contribution >= 4 is 20.0 Å². The van der Waals surface area contributed by atoms with Gasteiger partial charge in [-0.05, 0) is 50.5 Å². The molecule has 164 valence electrons. The monoisotopic (exact) mass is 458 g/mol. The van der Waals surface area contributed by atoms with E-state index in [9.17, 15) is 25.6 Å². The van der Waals surface area contributed by atoms with Crippen molar-refractivity contribution in [3.05, 3.63) is 59.7 Å². The second kappa shape index (κ2) is 9.09. The van der Waals surface area contributed by atoms with E-state index in [-0.39, 0.29) is 23.9 Å². The highest BCUT2D eigenvalue weighted by atomic mass is 32.2. The molecule has 0 amide bonds. The molecule has 2 aromatic rings. The van der Waals surface area contributed by atoms with Crippen LogP contribution in [0, 0.1) is 18.6 Å². The number of nitrogens with one attached hydrogen (secondary N) is 1. The SMILES string of the molecule is Cc1ccc(S(=O)(=O)N2CCCCC2CCNS(=O)(=O)c2cc(F)cc(F)c2)cc1. The van der Waals surface area contributed by atoms with E-state index in [1.54, 1.807) is 24.3 Å². The molecule has 1 atom stereocenters. The average molecular weight is 459 g/mol. The van der Waals surface area contributed by atoms with E-state index >= 15 is 0 Å². The second-order valence-corrected chi connectivity index (χ2v) is 11.0. The summed E-state index contributed by atoms with van der Waals surface area (Å²) < 4.78 is 81.2. The van der Waals surface area contributed by atoms with Gasteiger partial charge in [0, 0.05) is 25.2 Å². The molecule has 2 aromatic carbocycles. The molecule has 30 heavy (non-hydrogen) atoms. The summed E-state index contributed by atoms with van der Waals surface area (Å²) in [6.07, 6.45) is 2.44. The van der Waals surface area contributed by atoms with Crippen molar-refractivity contribution in [2.24, 2.45) is 0 Å². The summed E-state index contributed by atoms with van der Waals surface area (Å²) in [6.45, 7) is 2.18. The number of aryl methyl sites for hydroxylation is 1. The van der Waals surface area contributed by atoms with Gasteiger partial charge in [0.1, 0.15) is 11.6 Å². The first kappa shape index (κ1) is 22.8. The first-order valence-electron chi connectivity index (χ1n) is 9.64. The van der Waals surface area contributed by atoms with Crippen LogP contribution in [0.5, 0.6) is 0 Å². The Hall–Kier alpha value is -1.88. The molecule has 1 aliphatic rings. The van der Waals surface area contributed by atoms with Crippen LogP contribution >= 0.6 is 0 Å². The van der Waals surface area contributed by atoms with Gasteiger partial charge in [0.25, 0.3) is 0 Å². The average Bonchev–Trinajstić information content (AvgIpc) is 2.68. The molecule has 0 aromatic heterocycles. The van der Waals surface area contributed by atoms with Crippen molar-refractivity contribution in [3.8, 4) is 0 Å². The Morgan fingerprint density at radius 1 is 0.967 bits per heavy atom. The fraction of sp³-hybridized carbons (Fsp3) is 0.400. The predicted octanol–water partition coefficient (Wildman–Crippen LogP) is 3.19. The largest absolute Gasteiger partial charge is 0.243 e. The minimum Gasteiger partial charge on any atom is -0.211 e. The lowest BCUT2D eigenvalue weighted by Crippen LogP contribution is -2.45. The van der Waals surface area contributed by atoms with Gasteiger partial charge in [-0.2, -0.15) is 4.31 Å². The molecule has 0 spiro atoms. The first-order chi connectivity index (χ1) is 14.1. The minimum absolute atomic E-state index is 0.0505. The van der Waals surface area contributed by atoms with E-state index in [4.69, 9.17) is 0 Å². The van der Waals surface area contributed by atoms with Crippen molar-refractivity contribution in [2.75, 3.05) is 13.1 Å². The summed E-state index contributed by atoms with van der Waals surface area (Å²) in [6, 6.07) is 8.30.